The van der Waals surface area contributed by atoms with Crippen LogP contribution < -0.4 is 0 Å². The molecule has 1 aromatic heterocycles. The van der Waals surface area contributed by atoms with E-state index in [1.165, 1.54) is 5.56 Å². The number of halogens is 2. The summed E-state index contributed by atoms with van der Waals surface area (Å²) in [6.07, 6.45) is 0. The van der Waals surface area contributed by atoms with Crippen LogP contribution in [0.5, 0.6) is 0 Å². The van der Waals surface area contributed by atoms with Crippen molar-refractivity contribution in [3.63, 3.8) is 0 Å². The molecule has 0 radical (unpaired) electrons. The fraction of sp³-hybridized carbons (Fsp3) is 0.0625. The van der Waals surface area contributed by atoms with Crippen LogP contribution in [0.4, 0.5) is 0 Å². The minimum Gasteiger partial charge on any atom is -0.248 e. The molecule has 1 nitrogen and oxygen atoms in total. The van der Waals surface area contributed by atoms with Crippen LogP contribution in [0, 0.1) is 6.92 Å². The Kier molecular flexibility index (Phi) is 3.17. The average molecular weight is 288 g/mol. The molecular weight excluding hydrogens is 277 g/mol. The van der Waals surface area contributed by atoms with Crippen LogP contribution in [0.1, 0.15) is 5.56 Å². The first-order valence-corrected chi connectivity index (χ1v) is 6.72. The van der Waals surface area contributed by atoms with E-state index in [1.54, 1.807) is 0 Å². The standard InChI is InChI=1S/C16H11Cl2N/c1-10-5-7-14-11(9-10)6-8-15(19-14)16-12(17)3-2-4-13(16)18/h2-9H,1H3. The Balaban J connectivity index is 2.24. The smallest absolute Gasteiger partial charge is 0.0739 e. The number of aryl methyl sites for hydroxylation is 1. The Labute approximate surface area is 121 Å². The minimum atomic E-state index is 0.617. The molecule has 0 aliphatic carbocycles. The molecule has 1 heterocycles. The lowest BCUT2D eigenvalue weighted by Crippen LogP contribution is -1.88. The Morgan fingerprint density at radius 2 is 1.63 bits per heavy atom. The summed E-state index contributed by atoms with van der Waals surface area (Å²) < 4.78 is 0. The molecule has 0 spiro atoms. The van der Waals surface area contributed by atoms with Crippen molar-refractivity contribution in [1.29, 1.82) is 0 Å². The van der Waals surface area contributed by atoms with Gasteiger partial charge in [0.15, 0.2) is 0 Å². The number of rotatable bonds is 1. The lowest BCUT2D eigenvalue weighted by Gasteiger charge is -2.07. The molecule has 0 atom stereocenters. The van der Waals surface area contributed by atoms with Gasteiger partial charge in [0.1, 0.15) is 0 Å². The second-order valence-corrected chi connectivity index (χ2v) is 5.30. The van der Waals surface area contributed by atoms with Gasteiger partial charge in [-0.15, -0.1) is 0 Å². The summed E-state index contributed by atoms with van der Waals surface area (Å²) >= 11 is 12.4. The maximum Gasteiger partial charge on any atom is 0.0739 e. The molecule has 0 amide bonds. The second kappa shape index (κ2) is 4.84. The van der Waals surface area contributed by atoms with Crippen LogP contribution in [0.15, 0.2) is 48.5 Å². The van der Waals surface area contributed by atoms with Crippen LogP contribution in [0.2, 0.25) is 10.0 Å². The third-order valence-corrected chi connectivity index (χ3v) is 3.69. The van der Waals surface area contributed by atoms with Crippen LogP contribution in [0.25, 0.3) is 22.2 Å². The highest BCUT2D eigenvalue weighted by Gasteiger charge is 2.10. The maximum absolute atomic E-state index is 6.22. The van der Waals surface area contributed by atoms with E-state index in [-0.39, 0.29) is 0 Å². The van der Waals surface area contributed by atoms with E-state index in [9.17, 15) is 0 Å². The molecule has 0 saturated heterocycles. The summed E-state index contributed by atoms with van der Waals surface area (Å²) in [6.45, 7) is 2.07. The Hall–Kier alpha value is -1.57. The summed E-state index contributed by atoms with van der Waals surface area (Å²) in [6, 6.07) is 15.7. The van der Waals surface area contributed by atoms with Crippen molar-refractivity contribution in [2.24, 2.45) is 0 Å². The van der Waals surface area contributed by atoms with Gasteiger partial charge >= 0.3 is 0 Å². The molecule has 0 aliphatic rings. The van der Waals surface area contributed by atoms with E-state index in [1.807, 2.05) is 42.5 Å². The van der Waals surface area contributed by atoms with Crippen molar-refractivity contribution >= 4 is 34.1 Å². The number of hydrogen-bond donors (Lipinski definition) is 0. The molecule has 94 valence electrons. The van der Waals surface area contributed by atoms with Crippen molar-refractivity contribution in [3.8, 4) is 11.3 Å². The van der Waals surface area contributed by atoms with E-state index in [0.29, 0.717) is 10.0 Å². The van der Waals surface area contributed by atoms with Gasteiger partial charge in [0.05, 0.1) is 21.3 Å². The zero-order valence-corrected chi connectivity index (χ0v) is 11.8. The SMILES string of the molecule is Cc1ccc2nc(-c3c(Cl)cccc3Cl)ccc2c1. The minimum absolute atomic E-state index is 0.617. The number of aromatic nitrogens is 1. The molecule has 3 aromatic rings. The average Bonchev–Trinajstić information content (AvgIpc) is 2.38. The third-order valence-electron chi connectivity index (χ3n) is 3.06. The van der Waals surface area contributed by atoms with Gasteiger partial charge in [-0.2, -0.15) is 0 Å². The first-order chi connectivity index (χ1) is 9.15. The Morgan fingerprint density at radius 1 is 0.895 bits per heavy atom. The molecule has 0 fully saturated rings. The zero-order valence-electron chi connectivity index (χ0n) is 10.3. The quantitative estimate of drug-likeness (QED) is 0.574. The molecule has 0 aliphatic heterocycles. The molecule has 19 heavy (non-hydrogen) atoms. The van der Waals surface area contributed by atoms with Crippen molar-refractivity contribution in [2.45, 2.75) is 6.92 Å². The number of benzene rings is 2. The first-order valence-electron chi connectivity index (χ1n) is 5.97. The Bertz CT molecular complexity index is 746. The van der Waals surface area contributed by atoms with Crippen molar-refractivity contribution < 1.29 is 0 Å². The normalized spacial score (nSPS) is 10.9. The van der Waals surface area contributed by atoms with Gasteiger partial charge in [-0.25, -0.2) is 4.98 Å². The lowest BCUT2D eigenvalue weighted by atomic mass is 10.1. The van der Waals surface area contributed by atoms with Crippen LogP contribution in [-0.2, 0) is 0 Å². The first kappa shape index (κ1) is 12.5. The predicted molar refractivity (Wildman–Crippen MR) is 81.9 cm³/mol. The van der Waals surface area contributed by atoms with Crippen LogP contribution in [-0.4, -0.2) is 4.98 Å². The maximum atomic E-state index is 6.22. The molecular formula is C16H11Cl2N. The van der Waals surface area contributed by atoms with Gasteiger partial charge in [0.2, 0.25) is 0 Å². The lowest BCUT2D eigenvalue weighted by molar-refractivity contribution is 1.38. The molecule has 0 saturated carbocycles. The van der Waals surface area contributed by atoms with Crippen molar-refractivity contribution in [2.75, 3.05) is 0 Å². The van der Waals surface area contributed by atoms with E-state index in [4.69, 9.17) is 23.2 Å². The van der Waals surface area contributed by atoms with E-state index in [0.717, 1.165) is 22.2 Å². The molecule has 0 N–H and O–H groups in total. The summed E-state index contributed by atoms with van der Waals surface area (Å²) in [5.41, 5.74) is 3.75. The van der Waals surface area contributed by atoms with Crippen molar-refractivity contribution in [3.05, 3.63) is 64.1 Å². The fourth-order valence-electron chi connectivity index (χ4n) is 2.13. The van der Waals surface area contributed by atoms with Gasteiger partial charge < -0.3 is 0 Å². The number of hydrogen-bond acceptors (Lipinski definition) is 1. The van der Waals surface area contributed by atoms with Gasteiger partial charge in [-0.3, -0.25) is 0 Å². The van der Waals surface area contributed by atoms with E-state index >= 15 is 0 Å². The largest absolute Gasteiger partial charge is 0.248 e. The zero-order chi connectivity index (χ0) is 13.4. The van der Waals surface area contributed by atoms with E-state index in [2.05, 4.69) is 18.0 Å². The monoisotopic (exact) mass is 287 g/mol. The summed E-state index contributed by atoms with van der Waals surface area (Å²) in [5.74, 6) is 0. The molecule has 3 heteroatoms. The molecule has 2 aromatic carbocycles. The Morgan fingerprint density at radius 3 is 2.37 bits per heavy atom. The van der Waals surface area contributed by atoms with Gasteiger partial charge in [0, 0.05) is 10.9 Å². The highest BCUT2D eigenvalue weighted by atomic mass is 35.5. The summed E-state index contributed by atoms with van der Waals surface area (Å²) in [5, 5.41) is 2.35. The number of nitrogens with zero attached hydrogens (tertiary/aromatic N) is 1. The summed E-state index contributed by atoms with van der Waals surface area (Å²) in [7, 11) is 0. The topological polar surface area (TPSA) is 12.9 Å². The highest BCUT2D eigenvalue weighted by Crippen LogP contribution is 2.34. The summed E-state index contributed by atoms with van der Waals surface area (Å²) in [4.78, 5) is 4.64. The second-order valence-electron chi connectivity index (χ2n) is 4.49. The van der Waals surface area contributed by atoms with Gasteiger partial charge in [-0.1, -0.05) is 47.0 Å². The van der Waals surface area contributed by atoms with Crippen molar-refractivity contribution in [1.82, 2.24) is 4.98 Å². The number of fused-ring (bicyclic) bond motifs is 1. The van der Waals surface area contributed by atoms with E-state index < -0.39 is 0 Å². The molecule has 3 rings (SSSR count). The highest BCUT2D eigenvalue weighted by molar-refractivity contribution is 6.39. The molecule has 0 bridgehead atoms. The molecule has 0 unspecified atom stereocenters. The van der Waals surface area contributed by atoms with Gasteiger partial charge in [-0.05, 0) is 37.3 Å². The predicted octanol–water partition coefficient (Wildman–Crippen LogP) is 5.52. The van der Waals surface area contributed by atoms with Crippen LogP contribution in [0.3, 0.4) is 0 Å². The fourth-order valence-corrected chi connectivity index (χ4v) is 2.72. The van der Waals surface area contributed by atoms with Gasteiger partial charge in [0.25, 0.3) is 0 Å². The number of pyridine rings is 1. The third kappa shape index (κ3) is 2.32. The van der Waals surface area contributed by atoms with Crippen LogP contribution >= 0.6 is 23.2 Å².